The van der Waals surface area contributed by atoms with Crippen molar-refractivity contribution in [1.82, 2.24) is 0 Å². The highest BCUT2D eigenvalue weighted by Crippen LogP contribution is 2.43. The first-order chi connectivity index (χ1) is 11.4. The van der Waals surface area contributed by atoms with Crippen LogP contribution in [0.1, 0.15) is 29.5 Å². The molecule has 0 fully saturated rings. The fourth-order valence-corrected chi connectivity index (χ4v) is 3.71. The second-order valence-electron chi connectivity index (χ2n) is 5.80. The van der Waals surface area contributed by atoms with E-state index in [0.29, 0.717) is 0 Å². The Morgan fingerprint density at radius 1 is 0.565 bits per heavy atom. The van der Waals surface area contributed by atoms with Crippen LogP contribution in [0.4, 0.5) is 0 Å². The monoisotopic (exact) mass is 364 g/mol. The topological polar surface area (TPSA) is 0 Å². The third-order valence-electron chi connectivity index (χ3n) is 4.49. The van der Waals surface area contributed by atoms with Gasteiger partial charge in [0.05, 0.1) is 0 Å². The van der Waals surface area contributed by atoms with Gasteiger partial charge in [-0.25, -0.2) is 0 Å². The number of benzene rings is 3. The summed E-state index contributed by atoms with van der Waals surface area (Å²) in [6.45, 7) is 0. The largest absolute Gasteiger partial charge is 0.0928 e. The molecule has 0 heterocycles. The van der Waals surface area contributed by atoms with Gasteiger partial charge in [-0.05, 0) is 29.5 Å². The standard InChI is InChI=1S/C22H21Br/c23-18-10-17-22(19-11-4-1-5-12-19,20-13-6-2-7-14-20)21-15-8-3-9-16-21/h1-9,11-16H,10,17-18H2. The smallest absolute Gasteiger partial charge is 0.0451 e. The maximum Gasteiger partial charge on any atom is 0.0451 e. The van der Waals surface area contributed by atoms with Gasteiger partial charge in [0.1, 0.15) is 0 Å². The average Bonchev–Trinajstić information content (AvgIpc) is 2.65. The van der Waals surface area contributed by atoms with Crippen molar-refractivity contribution in [2.45, 2.75) is 18.3 Å². The lowest BCUT2D eigenvalue weighted by molar-refractivity contribution is 0.554. The van der Waals surface area contributed by atoms with Crippen molar-refractivity contribution >= 4 is 15.9 Å². The molecule has 0 aromatic heterocycles. The Hall–Kier alpha value is -1.86. The molecule has 0 spiro atoms. The second-order valence-corrected chi connectivity index (χ2v) is 6.59. The van der Waals surface area contributed by atoms with E-state index in [1.54, 1.807) is 0 Å². The maximum absolute atomic E-state index is 3.62. The summed E-state index contributed by atoms with van der Waals surface area (Å²) in [7, 11) is 0. The summed E-state index contributed by atoms with van der Waals surface area (Å²) in [6.07, 6.45) is 2.20. The molecule has 0 aliphatic rings. The summed E-state index contributed by atoms with van der Waals surface area (Å²) >= 11 is 3.62. The highest BCUT2D eigenvalue weighted by atomic mass is 79.9. The Bertz CT molecular complexity index is 608. The molecule has 3 rings (SSSR count). The minimum absolute atomic E-state index is 0.0997. The van der Waals surface area contributed by atoms with Crippen LogP contribution in [0.5, 0.6) is 0 Å². The molecular weight excluding hydrogens is 344 g/mol. The fourth-order valence-electron chi connectivity index (χ4n) is 3.43. The van der Waals surface area contributed by atoms with Crippen molar-refractivity contribution < 1.29 is 0 Å². The highest BCUT2D eigenvalue weighted by Gasteiger charge is 2.35. The van der Waals surface area contributed by atoms with Crippen LogP contribution < -0.4 is 0 Å². The Morgan fingerprint density at radius 2 is 0.913 bits per heavy atom. The molecule has 116 valence electrons. The van der Waals surface area contributed by atoms with Crippen LogP contribution in [0, 0.1) is 0 Å². The lowest BCUT2D eigenvalue weighted by atomic mass is 9.67. The number of rotatable bonds is 6. The van der Waals surface area contributed by atoms with Crippen molar-refractivity contribution in [3.8, 4) is 0 Å². The first-order valence-electron chi connectivity index (χ1n) is 8.10. The molecule has 0 saturated heterocycles. The zero-order valence-corrected chi connectivity index (χ0v) is 14.7. The van der Waals surface area contributed by atoms with E-state index in [1.165, 1.54) is 16.7 Å². The molecule has 0 bridgehead atoms. The SMILES string of the molecule is BrCCCC(c1ccccc1)(c1ccccc1)c1ccccc1. The Morgan fingerprint density at radius 3 is 1.22 bits per heavy atom. The van der Waals surface area contributed by atoms with Crippen LogP contribution >= 0.6 is 15.9 Å². The van der Waals surface area contributed by atoms with Gasteiger partial charge in [0.2, 0.25) is 0 Å². The number of alkyl halides is 1. The molecule has 0 radical (unpaired) electrons. The normalized spacial score (nSPS) is 11.3. The van der Waals surface area contributed by atoms with Crippen LogP contribution in [-0.2, 0) is 5.41 Å². The summed E-state index contributed by atoms with van der Waals surface area (Å²) in [5.74, 6) is 0. The second kappa shape index (κ2) is 7.61. The van der Waals surface area contributed by atoms with E-state index in [2.05, 4.69) is 107 Å². The maximum atomic E-state index is 3.62. The van der Waals surface area contributed by atoms with Gasteiger partial charge in [0.15, 0.2) is 0 Å². The van der Waals surface area contributed by atoms with Crippen molar-refractivity contribution in [2.24, 2.45) is 0 Å². The molecule has 1 heteroatoms. The van der Waals surface area contributed by atoms with E-state index < -0.39 is 0 Å². The number of hydrogen-bond acceptors (Lipinski definition) is 0. The predicted molar refractivity (Wildman–Crippen MR) is 102 cm³/mol. The molecule has 3 aromatic carbocycles. The average molecular weight is 365 g/mol. The quantitative estimate of drug-likeness (QED) is 0.361. The Kier molecular flexibility index (Phi) is 5.30. The van der Waals surface area contributed by atoms with E-state index in [-0.39, 0.29) is 5.41 Å². The van der Waals surface area contributed by atoms with Crippen molar-refractivity contribution in [1.29, 1.82) is 0 Å². The molecule has 0 N–H and O–H groups in total. The highest BCUT2D eigenvalue weighted by molar-refractivity contribution is 9.09. The van der Waals surface area contributed by atoms with Gasteiger partial charge in [-0.3, -0.25) is 0 Å². The van der Waals surface area contributed by atoms with Gasteiger partial charge in [-0.15, -0.1) is 0 Å². The van der Waals surface area contributed by atoms with Gasteiger partial charge in [0, 0.05) is 10.7 Å². The number of hydrogen-bond donors (Lipinski definition) is 0. The molecule has 23 heavy (non-hydrogen) atoms. The summed E-state index contributed by atoms with van der Waals surface area (Å²) in [5, 5.41) is 1.02. The molecule has 0 amide bonds. The first kappa shape index (κ1) is 16.0. The first-order valence-corrected chi connectivity index (χ1v) is 9.22. The Labute approximate surface area is 147 Å². The predicted octanol–water partition coefficient (Wildman–Crippen LogP) is 6.20. The molecule has 3 aromatic rings. The molecule has 0 aliphatic heterocycles. The third-order valence-corrected chi connectivity index (χ3v) is 5.05. The number of halogens is 1. The van der Waals surface area contributed by atoms with Gasteiger partial charge in [-0.1, -0.05) is 107 Å². The Balaban J connectivity index is 2.25. The molecular formula is C22H21Br. The van der Waals surface area contributed by atoms with Crippen LogP contribution in [0.25, 0.3) is 0 Å². The molecule has 0 unspecified atom stereocenters. The van der Waals surface area contributed by atoms with E-state index in [9.17, 15) is 0 Å². The van der Waals surface area contributed by atoms with Gasteiger partial charge in [0.25, 0.3) is 0 Å². The van der Waals surface area contributed by atoms with Crippen molar-refractivity contribution in [3.05, 3.63) is 108 Å². The summed E-state index contributed by atoms with van der Waals surface area (Å²) in [6, 6.07) is 32.7. The van der Waals surface area contributed by atoms with Gasteiger partial charge < -0.3 is 0 Å². The third kappa shape index (κ3) is 3.25. The van der Waals surface area contributed by atoms with E-state index in [0.717, 1.165) is 18.2 Å². The van der Waals surface area contributed by atoms with Crippen LogP contribution in [0.15, 0.2) is 91.0 Å². The minimum Gasteiger partial charge on any atom is -0.0928 e. The zero-order valence-electron chi connectivity index (χ0n) is 13.2. The van der Waals surface area contributed by atoms with Crippen molar-refractivity contribution in [3.63, 3.8) is 0 Å². The van der Waals surface area contributed by atoms with Crippen LogP contribution in [-0.4, -0.2) is 5.33 Å². The summed E-state index contributed by atoms with van der Waals surface area (Å²) < 4.78 is 0. The molecule has 0 aliphatic carbocycles. The molecule has 0 saturated carbocycles. The summed E-state index contributed by atoms with van der Waals surface area (Å²) in [5.41, 5.74) is 3.98. The minimum atomic E-state index is -0.0997. The van der Waals surface area contributed by atoms with Crippen molar-refractivity contribution in [2.75, 3.05) is 5.33 Å². The molecule has 0 nitrogen and oxygen atoms in total. The fraction of sp³-hybridized carbons (Fsp3) is 0.182. The lowest BCUT2D eigenvalue weighted by Crippen LogP contribution is -2.29. The van der Waals surface area contributed by atoms with E-state index in [1.807, 2.05) is 0 Å². The van der Waals surface area contributed by atoms with Gasteiger partial charge in [-0.2, -0.15) is 0 Å². The van der Waals surface area contributed by atoms with Gasteiger partial charge >= 0.3 is 0 Å². The molecule has 0 atom stereocenters. The summed E-state index contributed by atoms with van der Waals surface area (Å²) in [4.78, 5) is 0. The lowest BCUT2D eigenvalue weighted by Gasteiger charge is -2.36. The van der Waals surface area contributed by atoms with E-state index >= 15 is 0 Å². The van der Waals surface area contributed by atoms with Crippen LogP contribution in [0.3, 0.4) is 0 Å². The van der Waals surface area contributed by atoms with E-state index in [4.69, 9.17) is 0 Å². The zero-order chi connectivity index (χ0) is 16.0. The van der Waals surface area contributed by atoms with Crippen LogP contribution in [0.2, 0.25) is 0 Å².